The molecule has 1 aliphatic carbocycles. The minimum absolute atomic E-state index is 0.0936. The normalized spacial score (nSPS) is 21.9. The Morgan fingerprint density at radius 2 is 1.87 bits per heavy atom. The van der Waals surface area contributed by atoms with Gasteiger partial charge in [-0.15, -0.1) is 0 Å². The summed E-state index contributed by atoms with van der Waals surface area (Å²) in [5.41, 5.74) is -0.0936. The maximum atomic E-state index is 12.7. The zero-order valence-electron chi connectivity index (χ0n) is 12.1. The average Bonchev–Trinajstić information content (AvgIpc) is 2.83. The summed E-state index contributed by atoms with van der Waals surface area (Å²) in [5, 5.41) is 2.24. The molecular weight excluding hydrogens is 432 g/mol. The zero-order valence-corrected chi connectivity index (χ0v) is 15.3. The van der Waals surface area contributed by atoms with Crippen molar-refractivity contribution in [2.75, 3.05) is 0 Å². The molecule has 1 aliphatic heterocycles. The van der Waals surface area contributed by atoms with E-state index in [0.717, 1.165) is 32.1 Å². The molecule has 23 heavy (non-hydrogen) atoms. The van der Waals surface area contributed by atoms with Crippen LogP contribution in [0.1, 0.15) is 37.9 Å². The van der Waals surface area contributed by atoms with Gasteiger partial charge in [0.05, 0.1) is 4.47 Å². The molecule has 0 atom stereocenters. The Bertz CT molecular complexity index is 685. The monoisotopic (exact) mass is 444 g/mol. The lowest BCUT2D eigenvalue weighted by Gasteiger charge is -2.35. The molecule has 0 spiro atoms. The Labute approximate surface area is 149 Å². The van der Waals surface area contributed by atoms with Gasteiger partial charge in [0.1, 0.15) is 11.3 Å². The Morgan fingerprint density at radius 3 is 2.48 bits per heavy atom. The van der Waals surface area contributed by atoms with Crippen LogP contribution in [0.25, 0.3) is 6.08 Å². The topological polar surface area (TPSA) is 79.6 Å². The van der Waals surface area contributed by atoms with Gasteiger partial charge in [0.25, 0.3) is 11.8 Å². The number of hydrogen-bond acceptors (Lipinski definition) is 4. The summed E-state index contributed by atoms with van der Waals surface area (Å²) >= 11 is 6.48. The van der Waals surface area contributed by atoms with Gasteiger partial charge >= 0.3 is 6.03 Å². The quantitative estimate of drug-likeness (QED) is 0.557. The molecule has 1 aromatic rings. The van der Waals surface area contributed by atoms with Gasteiger partial charge in [-0.05, 0) is 56.8 Å². The fraction of sp³-hybridized carbons (Fsp3) is 0.400. The maximum absolute atomic E-state index is 12.7. The number of nitrogens with zero attached hydrogens (tertiary/aromatic N) is 1. The minimum atomic E-state index is -0.698. The first-order chi connectivity index (χ1) is 11.0. The van der Waals surface area contributed by atoms with Crippen LogP contribution in [0.4, 0.5) is 4.79 Å². The van der Waals surface area contributed by atoms with Crippen LogP contribution >= 0.6 is 31.9 Å². The van der Waals surface area contributed by atoms with Crippen LogP contribution in [-0.4, -0.2) is 28.8 Å². The molecule has 2 heterocycles. The molecule has 3 rings (SSSR count). The smallest absolute Gasteiger partial charge is 0.331 e. The fourth-order valence-corrected chi connectivity index (χ4v) is 3.53. The molecule has 1 saturated heterocycles. The van der Waals surface area contributed by atoms with Crippen molar-refractivity contribution in [1.82, 2.24) is 10.2 Å². The number of urea groups is 1. The number of imide groups is 2. The first kappa shape index (κ1) is 16.4. The van der Waals surface area contributed by atoms with E-state index in [0.29, 0.717) is 14.9 Å². The van der Waals surface area contributed by atoms with E-state index >= 15 is 0 Å². The summed E-state index contributed by atoms with van der Waals surface area (Å²) < 4.78 is 6.52. The average molecular weight is 446 g/mol. The van der Waals surface area contributed by atoms with Crippen LogP contribution in [0, 0.1) is 0 Å². The summed E-state index contributed by atoms with van der Waals surface area (Å²) in [5.74, 6) is -0.912. The summed E-state index contributed by atoms with van der Waals surface area (Å²) in [4.78, 5) is 37.9. The number of nitrogens with one attached hydrogen (secondary N) is 1. The van der Waals surface area contributed by atoms with Crippen LogP contribution in [0.5, 0.6) is 0 Å². The highest BCUT2D eigenvalue weighted by atomic mass is 79.9. The fourth-order valence-electron chi connectivity index (χ4n) is 2.92. The Morgan fingerprint density at radius 1 is 1.17 bits per heavy atom. The van der Waals surface area contributed by atoms with Gasteiger partial charge < -0.3 is 4.42 Å². The van der Waals surface area contributed by atoms with E-state index in [1.807, 2.05) is 0 Å². The van der Waals surface area contributed by atoms with Crippen molar-refractivity contribution in [2.45, 2.75) is 38.1 Å². The lowest BCUT2D eigenvalue weighted by atomic mass is 9.93. The molecule has 6 nitrogen and oxygen atoms in total. The molecular formula is C15H14Br2N2O4. The number of hydrogen-bond donors (Lipinski definition) is 1. The van der Waals surface area contributed by atoms with Crippen molar-refractivity contribution < 1.29 is 18.8 Å². The number of rotatable bonds is 2. The Kier molecular flexibility index (Phi) is 4.72. The lowest BCUT2D eigenvalue weighted by Crippen LogP contribution is -2.58. The number of amides is 4. The van der Waals surface area contributed by atoms with Gasteiger partial charge in [-0.25, -0.2) is 4.79 Å². The van der Waals surface area contributed by atoms with E-state index in [4.69, 9.17) is 4.42 Å². The zero-order chi connectivity index (χ0) is 16.6. The van der Waals surface area contributed by atoms with Gasteiger partial charge in [-0.2, -0.15) is 0 Å². The first-order valence-electron chi connectivity index (χ1n) is 7.33. The van der Waals surface area contributed by atoms with E-state index < -0.39 is 17.8 Å². The van der Waals surface area contributed by atoms with E-state index in [2.05, 4.69) is 37.2 Å². The van der Waals surface area contributed by atoms with Crippen LogP contribution in [-0.2, 0) is 9.59 Å². The number of barbiturate groups is 1. The standard InChI is InChI=1S/C15H14Br2N2O4/c16-11-7-9(23-12(11)17)6-10-13(20)18-15(22)19(14(10)21)8-4-2-1-3-5-8/h6-8H,1-5H2,(H,18,20,22). The SMILES string of the molecule is O=C1NC(=O)N(C2CCCCC2)C(=O)C1=Cc1cc(Br)c(Br)o1. The summed E-state index contributed by atoms with van der Waals surface area (Å²) in [6.07, 6.45) is 5.97. The largest absolute Gasteiger partial charge is 0.449 e. The Hall–Kier alpha value is -1.41. The first-order valence-corrected chi connectivity index (χ1v) is 8.91. The molecule has 1 aromatic heterocycles. The highest BCUT2D eigenvalue weighted by Crippen LogP contribution is 2.30. The number of carbonyl (C=O) groups is 3. The number of halogens is 2. The van der Waals surface area contributed by atoms with Crippen molar-refractivity contribution in [2.24, 2.45) is 0 Å². The van der Waals surface area contributed by atoms with Crippen molar-refractivity contribution in [3.05, 3.63) is 26.5 Å². The van der Waals surface area contributed by atoms with E-state index in [9.17, 15) is 14.4 Å². The second-order valence-corrected chi connectivity index (χ2v) is 7.13. The molecule has 122 valence electrons. The maximum Gasteiger partial charge on any atom is 0.331 e. The molecule has 1 N–H and O–H groups in total. The molecule has 2 aliphatic rings. The van der Waals surface area contributed by atoms with Gasteiger partial charge in [0.2, 0.25) is 0 Å². The van der Waals surface area contributed by atoms with Gasteiger partial charge in [0.15, 0.2) is 4.67 Å². The van der Waals surface area contributed by atoms with Gasteiger partial charge in [-0.1, -0.05) is 19.3 Å². The highest BCUT2D eigenvalue weighted by molar-refractivity contribution is 9.13. The van der Waals surface area contributed by atoms with Crippen LogP contribution in [0.3, 0.4) is 0 Å². The lowest BCUT2D eigenvalue weighted by molar-refractivity contribution is -0.132. The summed E-state index contributed by atoms with van der Waals surface area (Å²) in [6, 6.07) is 0.854. The minimum Gasteiger partial charge on any atom is -0.449 e. The molecule has 0 aromatic carbocycles. The van der Waals surface area contributed by atoms with Crippen molar-refractivity contribution in [3.63, 3.8) is 0 Å². The molecule has 2 fully saturated rings. The van der Waals surface area contributed by atoms with Crippen molar-refractivity contribution >= 4 is 55.8 Å². The second-order valence-electron chi connectivity index (χ2n) is 5.55. The Balaban J connectivity index is 1.91. The summed E-state index contributed by atoms with van der Waals surface area (Å²) in [7, 11) is 0. The predicted octanol–water partition coefficient (Wildman–Crippen LogP) is 3.60. The van der Waals surface area contributed by atoms with E-state index in [1.165, 1.54) is 11.0 Å². The third-order valence-corrected chi connectivity index (χ3v) is 5.73. The van der Waals surface area contributed by atoms with Crippen LogP contribution in [0.2, 0.25) is 0 Å². The van der Waals surface area contributed by atoms with Gasteiger partial charge in [0, 0.05) is 6.04 Å². The van der Waals surface area contributed by atoms with Crippen LogP contribution in [0.15, 0.2) is 25.2 Å². The molecule has 1 saturated carbocycles. The van der Waals surface area contributed by atoms with Gasteiger partial charge in [-0.3, -0.25) is 19.8 Å². The molecule has 0 radical (unpaired) electrons. The molecule has 8 heteroatoms. The summed E-state index contributed by atoms with van der Waals surface area (Å²) in [6.45, 7) is 0. The van der Waals surface area contributed by atoms with E-state index in [1.54, 1.807) is 6.07 Å². The third-order valence-electron chi connectivity index (χ3n) is 4.02. The van der Waals surface area contributed by atoms with Crippen molar-refractivity contribution in [3.8, 4) is 0 Å². The molecule has 4 amide bonds. The number of furan rings is 1. The van der Waals surface area contributed by atoms with E-state index in [-0.39, 0.29) is 11.6 Å². The molecule has 0 bridgehead atoms. The second kappa shape index (κ2) is 6.60. The predicted molar refractivity (Wildman–Crippen MR) is 89.3 cm³/mol. The highest BCUT2D eigenvalue weighted by Gasteiger charge is 2.40. The molecule has 0 unspecified atom stereocenters. The third kappa shape index (κ3) is 3.28. The van der Waals surface area contributed by atoms with Crippen molar-refractivity contribution in [1.29, 1.82) is 0 Å². The number of carbonyl (C=O) groups excluding carboxylic acids is 3. The van der Waals surface area contributed by atoms with Crippen LogP contribution < -0.4 is 5.32 Å².